The molecule has 0 spiro atoms. The summed E-state index contributed by atoms with van der Waals surface area (Å²) in [6.07, 6.45) is 0. The minimum absolute atomic E-state index is 0.339. The quantitative estimate of drug-likeness (QED) is 0.735. The molecule has 0 heterocycles. The molecule has 0 amide bonds. The van der Waals surface area contributed by atoms with E-state index in [-0.39, 0.29) is 4.87 Å². The van der Waals surface area contributed by atoms with E-state index in [1.807, 2.05) is 32.0 Å². The lowest BCUT2D eigenvalue weighted by molar-refractivity contribution is 0.412. The molecule has 13 heavy (non-hydrogen) atoms. The summed E-state index contributed by atoms with van der Waals surface area (Å²) in [6, 6.07) is 5.85. The van der Waals surface area contributed by atoms with Crippen molar-refractivity contribution >= 4 is 27.5 Å². The Kier molecular flexibility index (Phi) is 3.25. The molecule has 0 atom stereocenters. The zero-order valence-electron chi connectivity index (χ0n) is 7.90. The summed E-state index contributed by atoms with van der Waals surface area (Å²) in [4.78, 5) is -0.339. The Morgan fingerprint density at radius 3 is 2.38 bits per heavy atom. The van der Waals surface area contributed by atoms with Gasteiger partial charge in [0.2, 0.25) is 0 Å². The molecule has 0 bridgehead atoms. The highest BCUT2D eigenvalue weighted by Crippen LogP contribution is 2.33. The van der Waals surface area contributed by atoms with Gasteiger partial charge in [-0.3, -0.25) is 0 Å². The zero-order chi connectivity index (χ0) is 10.1. The van der Waals surface area contributed by atoms with Crippen LogP contribution >= 0.6 is 27.5 Å². The number of hydrogen-bond donors (Lipinski definition) is 0. The van der Waals surface area contributed by atoms with Crippen LogP contribution in [0.5, 0.6) is 5.75 Å². The molecule has 1 aromatic rings. The summed E-state index contributed by atoms with van der Waals surface area (Å²) in [6.45, 7) is 3.92. The fraction of sp³-hybridized carbons (Fsp3) is 0.400. The maximum Gasteiger partial charge on any atom is 0.133 e. The van der Waals surface area contributed by atoms with Crippen LogP contribution in [-0.4, -0.2) is 7.11 Å². The smallest absolute Gasteiger partial charge is 0.133 e. The maximum absolute atomic E-state index is 6.16. The SMILES string of the molecule is COc1ccc(C(C)(C)Cl)cc1Br. The Hall–Kier alpha value is -0.210. The molecule has 1 nitrogen and oxygen atoms in total. The van der Waals surface area contributed by atoms with E-state index < -0.39 is 0 Å². The Bertz CT molecular complexity index is 304. The fourth-order valence-electron chi connectivity index (χ4n) is 1.04. The van der Waals surface area contributed by atoms with Crippen molar-refractivity contribution in [3.05, 3.63) is 28.2 Å². The largest absolute Gasteiger partial charge is 0.496 e. The molecule has 72 valence electrons. The first kappa shape index (κ1) is 10.9. The molecule has 0 saturated heterocycles. The van der Waals surface area contributed by atoms with Crippen LogP contribution in [0.3, 0.4) is 0 Å². The van der Waals surface area contributed by atoms with E-state index in [4.69, 9.17) is 16.3 Å². The van der Waals surface area contributed by atoms with Crippen LogP contribution in [-0.2, 0) is 4.87 Å². The van der Waals surface area contributed by atoms with Crippen molar-refractivity contribution in [2.45, 2.75) is 18.7 Å². The van der Waals surface area contributed by atoms with Crippen LogP contribution in [0.15, 0.2) is 22.7 Å². The molecule has 0 fully saturated rings. The number of ether oxygens (including phenoxy) is 1. The number of alkyl halides is 1. The Balaban J connectivity index is 3.10. The van der Waals surface area contributed by atoms with E-state index in [2.05, 4.69) is 15.9 Å². The van der Waals surface area contributed by atoms with Gasteiger partial charge in [-0.1, -0.05) is 6.07 Å². The molecule has 3 heteroatoms. The van der Waals surface area contributed by atoms with Crippen molar-refractivity contribution in [3.63, 3.8) is 0 Å². The predicted octanol–water partition coefficient (Wildman–Crippen LogP) is 3.93. The highest BCUT2D eigenvalue weighted by atomic mass is 79.9. The third-order valence-corrected chi connectivity index (χ3v) is 2.68. The molecule has 0 unspecified atom stereocenters. The first-order valence-electron chi connectivity index (χ1n) is 3.98. The average Bonchev–Trinajstić information content (AvgIpc) is 2.02. The Morgan fingerprint density at radius 2 is 2.00 bits per heavy atom. The van der Waals surface area contributed by atoms with Gasteiger partial charge in [-0.2, -0.15) is 0 Å². The monoisotopic (exact) mass is 262 g/mol. The fourth-order valence-corrected chi connectivity index (χ4v) is 1.69. The number of benzene rings is 1. The van der Waals surface area contributed by atoms with E-state index >= 15 is 0 Å². The molecule has 0 radical (unpaired) electrons. The van der Waals surface area contributed by atoms with Crippen LogP contribution in [0.4, 0.5) is 0 Å². The summed E-state index contributed by atoms with van der Waals surface area (Å²) in [7, 11) is 1.64. The van der Waals surface area contributed by atoms with E-state index in [0.29, 0.717) is 0 Å². The predicted molar refractivity (Wildman–Crippen MR) is 59.6 cm³/mol. The second-order valence-corrected chi connectivity index (χ2v) is 5.12. The van der Waals surface area contributed by atoms with Gasteiger partial charge in [-0.05, 0) is 47.5 Å². The minimum Gasteiger partial charge on any atom is -0.496 e. The standard InChI is InChI=1S/C10H12BrClO/c1-10(2,12)7-4-5-9(13-3)8(11)6-7/h4-6H,1-3H3. The number of methoxy groups -OCH3 is 1. The van der Waals surface area contributed by atoms with Crippen LogP contribution in [0.2, 0.25) is 0 Å². The molecule has 0 N–H and O–H groups in total. The summed E-state index contributed by atoms with van der Waals surface area (Å²) in [5.74, 6) is 0.824. The summed E-state index contributed by atoms with van der Waals surface area (Å²) < 4.78 is 6.05. The number of hydrogen-bond acceptors (Lipinski definition) is 1. The third-order valence-electron chi connectivity index (χ3n) is 1.84. The average molecular weight is 264 g/mol. The van der Waals surface area contributed by atoms with Gasteiger partial charge in [0.1, 0.15) is 5.75 Å². The zero-order valence-corrected chi connectivity index (χ0v) is 10.2. The minimum atomic E-state index is -0.339. The molecule has 1 rings (SSSR count). The maximum atomic E-state index is 6.16. The van der Waals surface area contributed by atoms with Crippen molar-refractivity contribution < 1.29 is 4.74 Å². The molecule has 0 aliphatic carbocycles. The molecule has 0 saturated carbocycles. The summed E-state index contributed by atoms with van der Waals surface area (Å²) >= 11 is 9.58. The Labute approximate surface area is 92.2 Å². The summed E-state index contributed by atoms with van der Waals surface area (Å²) in [5.41, 5.74) is 1.07. The highest BCUT2D eigenvalue weighted by molar-refractivity contribution is 9.10. The van der Waals surface area contributed by atoms with Crippen LogP contribution < -0.4 is 4.74 Å². The second kappa shape index (κ2) is 3.89. The molecule has 0 aliphatic heterocycles. The van der Waals surface area contributed by atoms with Gasteiger partial charge in [-0.15, -0.1) is 11.6 Å². The van der Waals surface area contributed by atoms with E-state index in [1.165, 1.54) is 0 Å². The van der Waals surface area contributed by atoms with Gasteiger partial charge in [0, 0.05) is 0 Å². The van der Waals surface area contributed by atoms with E-state index in [0.717, 1.165) is 15.8 Å². The van der Waals surface area contributed by atoms with Crippen LogP contribution in [0.25, 0.3) is 0 Å². The summed E-state index contributed by atoms with van der Waals surface area (Å²) in [5, 5.41) is 0. The van der Waals surface area contributed by atoms with Crippen molar-refractivity contribution in [2.24, 2.45) is 0 Å². The van der Waals surface area contributed by atoms with E-state index in [9.17, 15) is 0 Å². The molecule has 0 aromatic heterocycles. The first-order valence-corrected chi connectivity index (χ1v) is 5.15. The van der Waals surface area contributed by atoms with Gasteiger partial charge in [0.05, 0.1) is 16.5 Å². The highest BCUT2D eigenvalue weighted by Gasteiger charge is 2.17. The lowest BCUT2D eigenvalue weighted by Crippen LogP contribution is -2.07. The van der Waals surface area contributed by atoms with Crippen LogP contribution in [0, 0.1) is 0 Å². The lowest BCUT2D eigenvalue weighted by Gasteiger charge is -2.17. The van der Waals surface area contributed by atoms with Crippen molar-refractivity contribution in [2.75, 3.05) is 7.11 Å². The third kappa shape index (κ3) is 2.61. The number of halogens is 2. The van der Waals surface area contributed by atoms with Crippen molar-refractivity contribution in [1.29, 1.82) is 0 Å². The molecular formula is C10H12BrClO. The van der Waals surface area contributed by atoms with Gasteiger partial charge in [-0.25, -0.2) is 0 Å². The molecular weight excluding hydrogens is 251 g/mol. The first-order chi connectivity index (χ1) is 5.95. The molecule has 0 aliphatic rings. The lowest BCUT2D eigenvalue weighted by atomic mass is 10.0. The van der Waals surface area contributed by atoms with E-state index in [1.54, 1.807) is 7.11 Å². The topological polar surface area (TPSA) is 9.23 Å². The van der Waals surface area contributed by atoms with Crippen molar-refractivity contribution in [3.8, 4) is 5.75 Å². The van der Waals surface area contributed by atoms with Crippen molar-refractivity contribution in [1.82, 2.24) is 0 Å². The van der Waals surface area contributed by atoms with Gasteiger partial charge >= 0.3 is 0 Å². The van der Waals surface area contributed by atoms with Crippen LogP contribution in [0.1, 0.15) is 19.4 Å². The van der Waals surface area contributed by atoms with Gasteiger partial charge < -0.3 is 4.74 Å². The number of rotatable bonds is 2. The molecule has 1 aromatic carbocycles. The van der Waals surface area contributed by atoms with Gasteiger partial charge in [0.15, 0.2) is 0 Å². The second-order valence-electron chi connectivity index (χ2n) is 3.32. The Morgan fingerprint density at radius 1 is 1.38 bits per heavy atom. The normalized spacial score (nSPS) is 11.5. The van der Waals surface area contributed by atoms with Gasteiger partial charge in [0.25, 0.3) is 0 Å².